The summed E-state index contributed by atoms with van der Waals surface area (Å²) in [5.74, 6) is 2.62. The molecule has 2 fully saturated rings. The van der Waals surface area contributed by atoms with E-state index < -0.39 is 16.6 Å². The first-order valence-electron chi connectivity index (χ1n) is 18.8. The molecule has 0 amide bonds. The second kappa shape index (κ2) is 24.3. The third kappa shape index (κ3) is 14.9. The molecule has 0 aromatic rings. The van der Waals surface area contributed by atoms with E-state index in [4.69, 9.17) is 18.8 Å². The van der Waals surface area contributed by atoms with Gasteiger partial charge in [0.1, 0.15) is 0 Å². The topological polar surface area (TPSA) is 43.2 Å². The van der Waals surface area contributed by atoms with Crippen LogP contribution in [0.4, 0.5) is 0 Å². The van der Waals surface area contributed by atoms with Crippen molar-refractivity contribution in [2.75, 3.05) is 13.2 Å². The van der Waals surface area contributed by atoms with Gasteiger partial charge < -0.3 is 8.85 Å². The van der Waals surface area contributed by atoms with Crippen LogP contribution in [-0.2, 0) is 19.7 Å². The van der Waals surface area contributed by atoms with Crippen LogP contribution >= 0.6 is 28.5 Å². The Balaban J connectivity index is 0.00000324. The average Bonchev–Trinajstić information content (AvgIpc) is 3.04. The molecular weight excluding hydrogens is 767 g/mol. The van der Waals surface area contributed by atoms with Crippen LogP contribution in [0.5, 0.6) is 0 Å². The van der Waals surface area contributed by atoms with Gasteiger partial charge in [0, 0.05) is 13.2 Å². The minimum atomic E-state index is -1.57. The molecule has 0 spiro atoms. The normalized spacial score (nSPS) is 26.9. The molecule has 4 unspecified atom stereocenters. The SMILES string of the molecule is CC[Si](CC)(CC)OCCCC(=NC1C(C)CCCC1C)C(CCCO[Si](CC)(CC)CC)=NC1C(C)CCCC1C.[Br][Ni][Br]. The number of hydrogen-bond donors (Lipinski definition) is 0. The first-order valence-corrected chi connectivity index (χ1v) is 28.7. The Hall–Kier alpha value is 1.15. The summed E-state index contributed by atoms with van der Waals surface area (Å²) in [5, 5.41) is 0. The number of halogens is 2. The van der Waals surface area contributed by atoms with E-state index in [1.165, 1.54) is 97.1 Å². The fourth-order valence-electron chi connectivity index (χ4n) is 7.93. The number of nitrogens with zero attached hydrogens (tertiary/aromatic N) is 2. The van der Waals surface area contributed by atoms with E-state index in [9.17, 15) is 0 Å². The molecule has 9 heteroatoms. The number of aliphatic imine (C=N–C) groups is 2. The fraction of sp³-hybridized carbons (Fsp3) is 0.944. The van der Waals surface area contributed by atoms with Crippen LogP contribution < -0.4 is 0 Å². The Morgan fingerprint density at radius 3 is 1.09 bits per heavy atom. The molecule has 270 valence electrons. The summed E-state index contributed by atoms with van der Waals surface area (Å²) in [6, 6.07) is 8.18. The van der Waals surface area contributed by atoms with E-state index in [1.807, 2.05) is 0 Å². The zero-order valence-corrected chi connectivity index (χ0v) is 37.1. The summed E-state index contributed by atoms with van der Waals surface area (Å²) in [5.41, 5.74) is 2.63. The van der Waals surface area contributed by atoms with Gasteiger partial charge in [0.2, 0.25) is 0 Å². The van der Waals surface area contributed by atoms with Crippen LogP contribution in [0.3, 0.4) is 0 Å². The van der Waals surface area contributed by atoms with Crippen molar-refractivity contribution in [2.24, 2.45) is 33.7 Å². The van der Waals surface area contributed by atoms with Crippen molar-refractivity contribution in [3.63, 3.8) is 0 Å². The molecule has 0 aromatic heterocycles. The molecule has 0 saturated heterocycles. The zero-order chi connectivity index (χ0) is 33.9. The van der Waals surface area contributed by atoms with Gasteiger partial charge in [-0.05, 0) is 111 Å². The molecule has 4 atom stereocenters. The molecule has 2 aliphatic carbocycles. The predicted molar refractivity (Wildman–Crippen MR) is 209 cm³/mol. The van der Waals surface area contributed by atoms with Gasteiger partial charge in [-0.25, -0.2) is 0 Å². The minimum absolute atomic E-state index is 0.424. The van der Waals surface area contributed by atoms with E-state index in [0.717, 1.165) is 38.9 Å². The molecule has 0 radical (unpaired) electrons. The molecule has 4 nitrogen and oxygen atoms in total. The molecule has 0 N–H and O–H groups in total. The predicted octanol–water partition coefficient (Wildman–Crippen LogP) is 12.8. The van der Waals surface area contributed by atoms with Crippen molar-refractivity contribution in [1.29, 1.82) is 0 Å². The second-order valence-electron chi connectivity index (χ2n) is 14.3. The molecule has 0 heterocycles. The zero-order valence-electron chi connectivity index (χ0n) is 31.0. The molecule has 2 rings (SSSR count). The standard InChI is InChI=1S/C36H72N2O2Si2.2BrH.Ni/c1-11-41(12-2,13-3)39-27-19-25-33(37-35-29(7)21-17-22-30(35)8)34(38-36-31(9)23-18-24-32(36)10)26-20-28-40-42(14-4,15-5)16-6;;;/h29-32,35-36H,11-28H2,1-10H3;2*1H;/q;;;+2/p-2. The van der Waals surface area contributed by atoms with Crippen LogP contribution in [0.15, 0.2) is 9.98 Å². The Labute approximate surface area is 302 Å². The van der Waals surface area contributed by atoms with Crippen molar-refractivity contribution >= 4 is 56.5 Å². The van der Waals surface area contributed by atoms with Crippen LogP contribution in [0, 0.1) is 23.7 Å². The molecule has 0 bridgehead atoms. The van der Waals surface area contributed by atoms with Crippen molar-refractivity contribution in [3.05, 3.63) is 0 Å². The van der Waals surface area contributed by atoms with Crippen LogP contribution in [-0.4, -0.2) is 53.4 Å². The molecule has 0 aromatic carbocycles. The first-order chi connectivity index (χ1) is 21.5. The van der Waals surface area contributed by atoms with Crippen molar-refractivity contribution in [1.82, 2.24) is 0 Å². The van der Waals surface area contributed by atoms with Gasteiger partial charge in [-0.2, -0.15) is 0 Å². The Morgan fingerprint density at radius 1 is 0.578 bits per heavy atom. The van der Waals surface area contributed by atoms with Gasteiger partial charge in [0.05, 0.1) is 23.5 Å². The van der Waals surface area contributed by atoms with Crippen molar-refractivity contribution in [2.45, 2.75) is 182 Å². The Kier molecular flexibility index (Phi) is 23.9. The van der Waals surface area contributed by atoms with Gasteiger partial charge >= 0.3 is 39.3 Å². The van der Waals surface area contributed by atoms with Crippen molar-refractivity contribution < 1.29 is 19.7 Å². The monoisotopic (exact) mass is 836 g/mol. The molecule has 2 aliphatic rings. The number of hydrogen-bond acceptors (Lipinski definition) is 4. The van der Waals surface area contributed by atoms with E-state index in [0.29, 0.717) is 35.8 Å². The third-order valence-corrected chi connectivity index (χ3v) is 21.1. The summed E-state index contributed by atoms with van der Waals surface area (Å²) in [7, 11) is -1.89. The second-order valence-corrected chi connectivity index (χ2v) is 28.9. The fourth-order valence-corrected chi connectivity index (χ4v) is 13.3. The summed E-state index contributed by atoms with van der Waals surface area (Å²) in [4.78, 5) is 11.4. The van der Waals surface area contributed by atoms with Gasteiger partial charge in [-0.15, -0.1) is 0 Å². The molecule has 0 aliphatic heterocycles. The van der Waals surface area contributed by atoms with Gasteiger partial charge in [0.15, 0.2) is 16.6 Å². The van der Waals surface area contributed by atoms with E-state index in [1.54, 1.807) is 0 Å². The molecule has 2 saturated carbocycles. The maximum absolute atomic E-state index is 6.73. The quantitative estimate of drug-likeness (QED) is 0.0739. The van der Waals surface area contributed by atoms with Crippen LogP contribution in [0.1, 0.15) is 133 Å². The van der Waals surface area contributed by atoms with Crippen LogP contribution in [0.25, 0.3) is 0 Å². The average molecular weight is 840 g/mol. The summed E-state index contributed by atoms with van der Waals surface area (Å²) < 4.78 is 13.5. The third-order valence-electron chi connectivity index (χ3n) is 11.7. The molecule has 45 heavy (non-hydrogen) atoms. The van der Waals surface area contributed by atoms with E-state index in [-0.39, 0.29) is 0 Å². The molecular formula is C36H72Br2N2NiO2Si2. The van der Waals surface area contributed by atoms with Crippen molar-refractivity contribution in [3.8, 4) is 0 Å². The van der Waals surface area contributed by atoms with Gasteiger partial charge in [0.25, 0.3) is 0 Å². The Bertz CT molecular complexity index is 739. The number of rotatable bonds is 19. The van der Waals surface area contributed by atoms with E-state index >= 15 is 0 Å². The Morgan fingerprint density at radius 2 is 0.844 bits per heavy atom. The van der Waals surface area contributed by atoms with E-state index in [2.05, 4.69) is 97.7 Å². The van der Waals surface area contributed by atoms with Crippen LogP contribution in [0.2, 0.25) is 36.3 Å². The van der Waals surface area contributed by atoms with Gasteiger partial charge in [-0.1, -0.05) is 82.1 Å². The summed E-state index contributed by atoms with van der Waals surface area (Å²) in [6.45, 7) is 25.5. The summed E-state index contributed by atoms with van der Waals surface area (Å²) in [6.07, 6.45) is 12.1. The summed E-state index contributed by atoms with van der Waals surface area (Å²) >= 11 is 6.00. The maximum atomic E-state index is 6.73. The first kappa shape index (κ1) is 44.2. The van der Waals surface area contributed by atoms with Gasteiger partial charge in [-0.3, -0.25) is 9.98 Å².